The summed E-state index contributed by atoms with van der Waals surface area (Å²) in [5, 5.41) is 13.1. The van der Waals surface area contributed by atoms with Gasteiger partial charge in [0, 0.05) is 38.6 Å². The van der Waals surface area contributed by atoms with Crippen molar-refractivity contribution in [2.45, 2.75) is 20.2 Å². The Balaban J connectivity index is 1.44. The zero-order chi connectivity index (χ0) is 22.7. The number of halogens is 3. The molecule has 0 radical (unpaired) electrons. The highest BCUT2D eigenvalue weighted by molar-refractivity contribution is 6.36. The average molecular weight is 491 g/mol. The van der Waals surface area contributed by atoms with Gasteiger partial charge in [-0.1, -0.05) is 40.9 Å². The maximum atomic E-state index is 12.8. The van der Waals surface area contributed by atoms with Crippen LogP contribution < -0.4 is 10.1 Å². The Morgan fingerprint density at radius 1 is 1.03 bits per heavy atom. The lowest BCUT2D eigenvalue weighted by Gasteiger charge is -2.10. The molecule has 0 aliphatic carbocycles. The lowest BCUT2D eigenvalue weighted by Crippen LogP contribution is -2.20. The Hall–Kier alpha value is -3.00. The topological polar surface area (TPSA) is 74.0 Å². The van der Waals surface area contributed by atoms with Crippen molar-refractivity contribution in [2.24, 2.45) is 0 Å². The summed E-state index contributed by atoms with van der Waals surface area (Å²) in [5.41, 5.74) is 1.94. The smallest absolute Gasteiger partial charge is 0.275 e. The molecule has 10 heteroatoms. The highest BCUT2D eigenvalue weighted by atomic mass is 35.5. The predicted octanol–water partition coefficient (Wildman–Crippen LogP) is 5.69. The Labute approximate surface area is 199 Å². The van der Waals surface area contributed by atoms with Gasteiger partial charge in [0.1, 0.15) is 11.4 Å². The number of anilines is 1. The van der Waals surface area contributed by atoms with Gasteiger partial charge in [-0.05, 0) is 49.4 Å². The van der Waals surface area contributed by atoms with Crippen LogP contribution in [0.5, 0.6) is 5.75 Å². The lowest BCUT2D eigenvalue weighted by atomic mass is 10.2. The van der Waals surface area contributed by atoms with Gasteiger partial charge in [0.05, 0.1) is 6.54 Å². The van der Waals surface area contributed by atoms with Gasteiger partial charge in [-0.3, -0.25) is 9.48 Å². The molecule has 0 saturated heterocycles. The highest BCUT2D eigenvalue weighted by Gasteiger charge is 2.16. The molecule has 2 heterocycles. The van der Waals surface area contributed by atoms with Crippen molar-refractivity contribution in [3.63, 3.8) is 0 Å². The van der Waals surface area contributed by atoms with Gasteiger partial charge >= 0.3 is 0 Å². The van der Waals surface area contributed by atoms with Gasteiger partial charge in [-0.25, -0.2) is 4.68 Å². The van der Waals surface area contributed by atoms with E-state index in [0.717, 1.165) is 11.3 Å². The molecule has 1 N–H and O–H groups in total. The molecule has 7 nitrogen and oxygen atoms in total. The number of aryl methyl sites for hydroxylation is 1. The van der Waals surface area contributed by atoms with E-state index in [1.54, 1.807) is 59.3 Å². The highest BCUT2D eigenvalue weighted by Crippen LogP contribution is 2.26. The fourth-order valence-corrected chi connectivity index (χ4v) is 3.68. The Kier molecular flexibility index (Phi) is 6.69. The van der Waals surface area contributed by atoms with Crippen LogP contribution in [-0.2, 0) is 13.3 Å². The summed E-state index contributed by atoms with van der Waals surface area (Å²) in [7, 11) is 0. The minimum atomic E-state index is -0.359. The van der Waals surface area contributed by atoms with Crippen LogP contribution in [0.3, 0.4) is 0 Å². The third-order valence-electron chi connectivity index (χ3n) is 4.71. The summed E-state index contributed by atoms with van der Waals surface area (Å²) in [5.74, 6) is 0.661. The molecule has 0 aliphatic rings. The van der Waals surface area contributed by atoms with Crippen LogP contribution in [0.1, 0.15) is 21.7 Å². The Bertz CT molecular complexity index is 1230. The molecule has 2 aromatic heterocycles. The molecule has 0 saturated carbocycles. The fraction of sp³-hybridized carbons (Fsp3) is 0.136. The standard InChI is InChI=1S/C22H18Cl3N5O2/c1-14-11-21(28-29(14)12-17-18(24)3-2-4-19(17)25)27-22(31)20-9-10-26-30(20)13-32-16-7-5-15(23)6-8-16/h2-11H,12-13H2,1H3,(H,27,28,31). The zero-order valence-electron chi connectivity index (χ0n) is 16.9. The van der Waals surface area contributed by atoms with Gasteiger partial charge in [0.25, 0.3) is 5.91 Å². The maximum Gasteiger partial charge on any atom is 0.275 e. The molecule has 2 aromatic carbocycles. The van der Waals surface area contributed by atoms with Crippen LogP contribution in [-0.4, -0.2) is 25.5 Å². The van der Waals surface area contributed by atoms with Gasteiger partial charge in [-0.2, -0.15) is 10.2 Å². The van der Waals surface area contributed by atoms with E-state index >= 15 is 0 Å². The quantitative estimate of drug-likeness (QED) is 0.361. The molecule has 4 aromatic rings. The molecule has 0 aliphatic heterocycles. The minimum absolute atomic E-state index is 0.0653. The number of hydrogen-bond donors (Lipinski definition) is 1. The van der Waals surface area contributed by atoms with Crippen LogP contribution in [0.25, 0.3) is 0 Å². The largest absolute Gasteiger partial charge is 0.471 e. The molecule has 0 atom stereocenters. The van der Waals surface area contributed by atoms with Gasteiger partial charge in [0.15, 0.2) is 12.5 Å². The van der Waals surface area contributed by atoms with Crippen molar-refractivity contribution in [2.75, 3.05) is 5.32 Å². The molecule has 0 unspecified atom stereocenters. The van der Waals surface area contributed by atoms with Crippen molar-refractivity contribution in [3.05, 3.63) is 92.8 Å². The first-order valence-electron chi connectivity index (χ1n) is 9.59. The monoisotopic (exact) mass is 489 g/mol. The molecule has 164 valence electrons. The second-order valence-corrected chi connectivity index (χ2v) is 8.18. The summed E-state index contributed by atoms with van der Waals surface area (Å²) in [6.45, 7) is 2.33. The van der Waals surface area contributed by atoms with E-state index in [9.17, 15) is 4.79 Å². The number of nitrogens with one attached hydrogen (secondary N) is 1. The third kappa shape index (κ3) is 5.07. The van der Waals surface area contributed by atoms with E-state index in [1.807, 2.05) is 6.92 Å². The number of hydrogen-bond acceptors (Lipinski definition) is 4. The van der Waals surface area contributed by atoms with Crippen molar-refractivity contribution in [1.29, 1.82) is 0 Å². The lowest BCUT2D eigenvalue weighted by molar-refractivity contribution is 0.100. The van der Waals surface area contributed by atoms with Gasteiger partial charge < -0.3 is 10.1 Å². The van der Waals surface area contributed by atoms with E-state index in [2.05, 4.69) is 15.5 Å². The number of aromatic nitrogens is 4. The van der Waals surface area contributed by atoms with E-state index < -0.39 is 0 Å². The summed E-state index contributed by atoms with van der Waals surface area (Å²) in [4.78, 5) is 12.8. The zero-order valence-corrected chi connectivity index (χ0v) is 19.2. The van der Waals surface area contributed by atoms with Crippen molar-refractivity contribution >= 4 is 46.5 Å². The first kappa shape index (κ1) is 22.2. The van der Waals surface area contributed by atoms with E-state index in [-0.39, 0.29) is 12.6 Å². The van der Waals surface area contributed by atoms with E-state index in [4.69, 9.17) is 39.5 Å². The van der Waals surface area contributed by atoms with Crippen LogP contribution in [0.4, 0.5) is 5.82 Å². The van der Waals surface area contributed by atoms with Crippen LogP contribution in [0.2, 0.25) is 15.1 Å². The minimum Gasteiger partial charge on any atom is -0.471 e. The third-order valence-corrected chi connectivity index (χ3v) is 5.67. The van der Waals surface area contributed by atoms with Crippen LogP contribution in [0.15, 0.2) is 60.8 Å². The molecule has 0 fully saturated rings. The molecule has 0 bridgehead atoms. The summed E-state index contributed by atoms with van der Waals surface area (Å²) >= 11 is 18.4. The predicted molar refractivity (Wildman–Crippen MR) is 125 cm³/mol. The molecule has 1 amide bonds. The molecule has 0 spiro atoms. The van der Waals surface area contributed by atoms with E-state index in [1.165, 1.54) is 10.9 Å². The van der Waals surface area contributed by atoms with Crippen molar-refractivity contribution < 1.29 is 9.53 Å². The molecular formula is C22H18Cl3N5O2. The SMILES string of the molecule is Cc1cc(NC(=O)c2ccnn2COc2ccc(Cl)cc2)nn1Cc1c(Cl)cccc1Cl. The number of ether oxygens (including phenoxy) is 1. The second-order valence-electron chi connectivity index (χ2n) is 6.93. The second kappa shape index (κ2) is 9.65. The van der Waals surface area contributed by atoms with Gasteiger partial charge in [0.2, 0.25) is 0 Å². The first-order chi connectivity index (χ1) is 15.4. The molecular weight excluding hydrogens is 473 g/mol. The normalized spacial score (nSPS) is 10.9. The summed E-state index contributed by atoms with van der Waals surface area (Å²) < 4.78 is 8.86. The molecule has 4 rings (SSSR count). The maximum absolute atomic E-state index is 12.8. The summed E-state index contributed by atoms with van der Waals surface area (Å²) in [6.07, 6.45) is 1.53. The van der Waals surface area contributed by atoms with Crippen molar-refractivity contribution in [1.82, 2.24) is 19.6 Å². The van der Waals surface area contributed by atoms with Crippen molar-refractivity contribution in [3.8, 4) is 5.75 Å². The number of carbonyl (C=O) groups excluding carboxylic acids is 1. The molecule has 32 heavy (non-hydrogen) atoms. The van der Waals surface area contributed by atoms with Gasteiger partial charge in [-0.15, -0.1) is 0 Å². The number of rotatable bonds is 7. The van der Waals surface area contributed by atoms with Crippen LogP contribution >= 0.6 is 34.8 Å². The van der Waals surface area contributed by atoms with Crippen LogP contribution in [0, 0.1) is 6.92 Å². The number of benzene rings is 2. The first-order valence-corrected chi connectivity index (χ1v) is 10.7. The summed E-state index contributed by atoms with van der Waals surface area (Å²) in [6, 6.07) is 15.6. The number of amides is 1. The number of carbonyl (C=O) groups is 1. The Morgan fingerprint density at radius 2 is 1.75 bits per heavy atom. The fourth-order valence-electron chi connectivity index (χ4n) is 3.04. The Morgan fingerprint density at radius 3 is 2.47 bits per heavy atom. The average Bonchev–Trinajstić information content (AvgIpc) is 3.37. The van der Waals surface area contributed by atoms with E-state index in [0.29, 0.717) is 38.9 Å². The number of nitrogens with zero attached hydrogens (tertiary/aromatic N) is 4.